The third kappa shape index (κ3) is 4.59. The van der Waals surface area contributed by atoms with Crippen molar-refractivity contribution in [2.75, 3.05) is 6.61 Å². The summed E-state index contributed by atoms with van der Waals surface area (Å²) >= 11 is 0. The van der Waals surface area contributed by atoms with Crippen molar-refractivity contribution in [2.45, 2.75) is 39.3 Å². The molecule has 0 aliphatic heterocycles. The number of benzene rings is 1. The fraction of sp³-hybridized carbons (Fsp3) is 0.364. The van der Waals surface area contributed by atoms with Gasteiger partial charge in [0, 0.05) is 31.5 Å². The zero-order chi connectivity index (χ0) is 21.8. The highest BCUT2D eigenvalue weighted by atomic mass is 16.6. The van der Waals surface area contributed by atoms with Crippen molar-refractivity contribution in [3.63, 3.8) is 0 Å². The van der Waals surface area contributed by atoms with Crippen LogP contribution >= 0.6 is 0 Å². The fourth-order valence-electron chi connectivity index (χ4n) is 3.59. The summed E-state index contributed by atoms with van der Waals surface area (Å²) in [5.41, 5.74) is 0.118. The zero-order valence-corrected chi connectivity index (χ0v) is 17.1. The van der Waals surface area contributed by atoms with Gasteiger partial charge in [0.05, 0.1) is 11.7 Å². The number of ether oxygens (including phenoxy) is 2. The molecule has 8 heteroatoms. The predicted octanol–water partition coefficient (Wildman–Crippen LogP) is 1.92. The van der Waals surface area contributed by atoms with Crippen LogP contribution < -0.4 is 11.2 Å². The highest BCUT2D eigenvalue weighted by molar-refractivity contribution is 5.67. The van der Waals surface area contributed by atoms with Crippen molar-refractivity contribution >= 4 is 11.9 Å². The van der Waals surface area contributed by atoms with E-state index in [1.807, 2.05) is 18.2 Å². The Kier molecular flexibility index (Phi) is 6.34. The van der Waals surface area contributed by atoms with Gasteiger partial charge in [0.15, 0.2) is 0 Å². The highest BCUT2D eigenvalue weighted by Crippen LogP contribution is 2.30. The molecule has 0 radical (unpaired) electrons. The molecule has 158 valence electrons. The summed E-state index contributed by atoms with van der Waals surface area (Å²) in [6.45, 7) is 4.18. The Morgan fingerprint density at radius 2 is 1.80 bits per heavy atom. The van der Waals surface area contributed by atoms with Crippen molar-refractivity contribution in [3.8, 4) is 5.69 Å². The lowest BCUT2D eigenvalue weighted by molar-refractivity contribution is -0.158. The van der Waals surface area contributed by atoms with Crippen LogP contribution in [-0.2, 0) is 19.1 Å². The Bertz CT molecular complexity index is 1080. The highest BCUT2D eigenvalue weighted by Gasteiger charge is 2.31. The van der Waals surface area contributed by atoms with Gasteiger partial charge in [-0.2, -0.15) is 0 Å². The summed E-state index contributed by atoms with van der Waals surface area (Å²) < 4.78 is 13.0. The van der Waals surface area contributed by atoms with E-state index in [4.69, 9.17) is 9.47 Å². The molecule has 1 unspecified atom stereocenters. The van der Waals surface area contributed by atoms with E-state index in [2.05, 4.69) is 0 Å². The second kappa shape index (κ2) is 8.94. The number of aryl methyl sites for hydroxylation is 1. The number of para-hydroxylation sites is 1. The van der Waals surface area contributed by atoms with Crippen LogP contribution in [-0.4, -0.2) is 33.8 Å². The van der Waals surface area contributed by atoms with Gasteiger partial charge in [0.25, 0.3) is 5.56 Å². The van der Waals surface area contributed by atoms with E-state index in [1.165, 1.54) is 18.4 Å². The van der Waals surface area contributed by atoms with Gasteiger partial charge in [-0.25, -0.2) is 9.36 Å². The Balaban J connectivity index is 1.91. The van der Waals surface area contributed by atoms with Crippen LogP contribution in [0, 0.1) is 12.8 Å². The molecule has 30 heavy (non-hydrogen) atoms. The molecule has 1 aliphatic carbocycles. The normalized spacial score (nSPS) is 18.8. The Morgan fingerprint density at radius 1 is 1.10 bits per heavy atom. The number of esters is 2. The Labute approximate surface area is 173 Å². The average molecular weight is 412 g/mol. The topological polar surface area (TPSA) is 96.6 Å². The smallest absolute Gasteiger partial charge is 0.336 e. The minimum Gasteiger partial charge on any atom is -0.462 e. The van der Waals surface area contributed by atoms with Crippen LogP contribution in [0.2, 0.25) is 0 Å². The van der Waals surface area contributed by atoms with Crippen molar-refractivity contribution < 1.29 is 19.1 Å². The maximum Gasteiger partial charge on any atom is 0.336 e. The standard InChI is InChI=1S/C22H24N2O6/c1-14-12-23(22(28)24(21(14)27)18-7-5-4-6-8-18)19-10-9-17(11-19)20(30-16(3)26)13-29-15(2)25/h4-10,12,17,19-20H,11,13H2,1-3H3/t17-,19+,20?/m1/s1. The molecule has 3 rings (SSSR count). The van der Waals surface area contributed by atoms with Crippen molar-refractivity contribution in [2.24, 2.45) is 5.92 Å². The second-order valence-corrected chi connectivity index (χ2v) is 7.28. The lowest BCUT2D eigenvalue weighted by atomic mass is 10.0. The molecule has 0 saturated carbocycles. The number of hydrogen-bond donors (Lipinski definition) is 0. The van der Waals surface area contributed by atoms with Crippen LogP contribution in [0.1, 0.15) is 31.9 Å². The first-order chi connectivity index (χ1) is 14.3. The van der Waals surface area contributed by atoms with Gasteiger partial charge < -0.3 is 9.47 Å². The van der Waals surface area contributed by atoms with Gasteiger partial charge >= 0.3 is 17.6 Å². The number of carbonyl (C=O) groups is 2. The minimum atomic E-state index is -0.649. The molecule has 0 bridgehead atoms. The molecule has 1 aliphatic rings. The largest absolute Gasteiger partial charge is 0.462 e. The first-order valence-electron chi connectivity index (χ1n) is 9.67. The van der Waals surface area contributed by atoms with Gasteiger partial charge in [-0.3, -0.25) is 19.0 Å². The number of hydrogen-bond acceptors (Lipinski definition) is 6. The summed E-state index contributed by atoms with van der Waals surface area (Å²) in [7, 11) is 0. The van der Waals surface area contributed by atoms with E-state index >= 15 is 0 Å². The van der Waals surface area contributed by atoms with Crippen molar-refractivity contribution in [1.82, 2.24) is 9.13 Å². The average Bonchev–Trinajstić information content (AvgIpc) is 3.18. The molecule has 0 saturated heterocycles. The van der Waals surface area contributed by atoms with Crippen molar-refractivity contribution in [1.29, 1.82) is 0 Å². The Hall–Kier alpha value is -3.42. The predicted molar refractivity (Wildman–Crippen MR) is 110 cm³/mol. The molecule has 0 spiro atoms. The van der Waals surface area contributed by atoms with Crippen LogP contribution in [0.5, 0.6) is 0 Å². The monoisotopic (exact) mass is 412 g/mol. The SMILES string of the molecule is CC(=O)OCC(OC(C)=O)[C@@H]1C=C[C@H](n2cc(C)c(=O)n(-c3ccccc3)c2=O)C1. The van der Waals surface area contributed by atoms with Crippen LogP contribution in [0.25, 0.3) is 5.69 Å². The number of allylic oxidation sites excluding steroid dienone is 1. The van der Waals surface area contributed by atoms with E-state index in [1.54, 1.807) is 37.4 Å². The molecule has 1 heterocycles. The van der Waals surface area contributed by atoms with Gasteiger partial charge in [-0.15, -0.1) is 0 Å². The van der Waals surface area contributed by atoms with E-state index in [0.29, 0.717) is 17.7 Å². The molecule has 1 aromatic carbocycles. The summed E-state index contributed by atoms with van der Waals surface area (Å²) in [6.07, 6.45) is 5.06. The second-order valence-electron chi connectivity index (χ2n) is 7.28. The molecule has 3 atom stereocenters. The van der Waals surface area contributed by atoms with Gasteiger partial charge in [-0.05, 0) is 25.5 Å². The molecule has 2 aromatic rings. The molecular weight excluding hydrogens is 388 g/mol. The first kappa shape index (κ1) is 21.3. The lowest BCUT2D eigenvalue weighted by Crippen LogP contribution is -2.41. The summed E-state index contributed by atoms with van der Waals surface area (Å²) in [5, 5.41) is 0. The number of aromatic nitrogens is 2. The Morgan fingerprint density at radius 3 is 2.43 bits per heavy atom. The number of rotatable bonds is 6. The van der Waals surface area contributed by atoms with Gasteiger partial charge in [0.2, 0.25) is 0 Å². The van der Waals surface area contributed by atoms with Gasteiger partial charge in [-0.1, -0.05) is 30.4 Å². The molecule has 0 amide bonds. The quantitative estimate of drug-likeness (QED) is 0.531. The van der Waals surface area contributed by atoms with E-state index in [-0.39, 0.29) is 24.1 Å². The lowest BCUT2D eigenvalue weighted by Gasteiger charge is -2.23. The van der Waals surface area contributed by atoms with E-state index < -0.39 is 23.7 Å². The summed E-state index contributed by atoms with van der Waals surface area (Å²) in [5.74, 6) is -1.18. The van der Waals surface area contributed by atoms with E-state index in [9.17, 15) is 19.2 Å². The summed E-state index contributed by atoms with van der Waals surface area (Å²) in [4.78, 5) is 48.4. The maximum absolute atomic E-state index is 13.1. The van der Waals surface area contributed by atoms with Crippen LogP contribution in [0.4, 0.5) is 0 Å². The van der Waals surface area contributed by atoms with Crippen LogP contribution in [0.3, 0.4) is 0 Å². The maximum atomic E-state index is 13.1. The molecule has 0 N–H and O–H groups in total. The summed E-state index contributed by atoms with van der Waals surface area (Å²) in [6, 6.07) is 8.42. The fourth-order valence-corrected chi connectivity index (χ4v) is 3.59. The zero-order valence-electron chi connectivity index (χ0n) is 17.1. The number of carbonyl (C=O) groups excluding carboxylic acids is 2. The first-order valence-corrected chi connectivity index (χ1v) is 9.67. The van der Waals surface area contributed by atoms with Gasteiger partial charge in [0.1, 0.15) is 12.7 Å². The van der Waals surface area contributed by atoms with Crippen molar-refractivity contribution in [3.05, 3.63) is 75.1 Å². The van der Waals surface area contributed by atoms with Crippen LogP contribution in [0.15, 0.2) is 58.3 Å². The van der Waals surface area contributed by atoms with E-state index in [0.717, 1.165) is 4.57 Å². The molecule has 1 aromatic heterocycles. The third-order valence-corrected chi connectivity index (χ3v) is 5.00. The molecule has 0 fully saturated rings. The minimum absolute atomic E-state index is 0.0614. The molecule has 8 nitrogen and oxygen atoms in total. The molecular formula is C22H24N2O6. The third-order valence-electron chi connectivity index (χ3n) is 5.00. The number of nitrogens with zero attached hydrogens (tertiary/aromatic N) is 2.